The molecule has 0 bridgehead atoms. The van der Waals surface area contributed by atoms with Gasteiger partial charge in [0, 0.05) is 18.1 Å². The van der Waals surface area contributed by atoms with Crippen molar-refractivity contribution in [3.63, 3.8) is 0 Å². The third-order valence-corrected chi connectivity index (χ3v) is 8.04. The van der Waals surface area contributed by atoms with Crippen molar-refractivity contribution < 1.29 is 31.2 Å². The molecule has 11 nitrogen and oxygen atoms in total. The second-order valence-electron chi connectivity index (χ2n) is 7.30. The van der Waals surface area contributed by atoms with E-state index in [4.69, 9.17) is 21.5 Å². The number of nitrogens with zero attached hydrogens (tertiary/aromatic N) is 1. The highest BCUT2D eigenvalue weighted by Gasteiger charge is 2.36. The van der Waals surface area contributed by atoms with Gasteiger partial charge in [0.15, 0.2) is 0 Å². The Kier molecular flexibility index (Phi) is 8.28. The zero-order valence-corrected chi connectivity index (χ0v) is 20.2. The fourth-order valence-corrected chi connectivity index (χ4v) is 5.34. The Morgan fingerprint density at radius 1 is 0.971 bits per heavy atom. The summed E-state index contributed by atoms with van der Waals surface area (Å²) in [5.41, 5.74) is 0.732. The Bertz CT molecular complexity index is 1250. The number of carbonyl (C=O) groups excluding carboxylic acids is 2. The Labute approximate surface area is 202 Å². The summed E-state index contributed by atoms with van der Waals surface area (Å²) >= 11 is 5.81. The molecule has 14 heteroatoms. The average Bonchev–Trinajstić information content (AvgIpc) is 3.27. The van der Waals surface area contributed by atoms with Crippen LogP contribution in [0.1, 0.15) is 5.56 Å². The molecule has 0 aliphatic carbocycles. The summed E-state index contributed by atoms with van der Waals surface area (Å²) in [6.45, 7) is 0.151. The van der Waals surface area contributed by atoms with Gasteiger partial charge in [0.05, 0.1) is 22.9 Å². The maximum absolute atomic E-state index is 12.9. The molecule has 1 atom stereocenters. The normalized spacial score (nSPS) is 16.8. The van der Waals surface area contributed by atoms with Gasteiger partial charge in [-0.25, -0.2) is 22.0 Å². The number of ether oxygens (including phenoxy) is 1. The molecule has 0 saturated carbocycles. The topological polar surface area (TPSA) is 165 Å². The van der Waals surface area contributed by atoms with Crippen LogP contribution >= 0.6 is 11.6 Å². The van der Waals surface area contributed by atoms with Crippen molar-refractivity contribution in [2.24, 2.45) is 5.14 Å². The number of rotatable bonds is 8. The quantitative estimate of drug-likeness (QED) is 0.398. The van der Waals surface area contributed by atoms with Crippen molar-refractivity contribution in [1.29, 1.82) is 0 Å². The van der Waals surface area contributed by atoms with E-state index in [1.165, 1.54) is 36.4 Å². The van der Waals surface area contributed by atoms with Gasteiger partial charge in [-0.05, 0) is 48.4 Å². The van der Waals surface area contributed by atoms with Gasteiger partial charge in [-0.1, -0.05) is 23.7 Å². The highest BCUT2D eigenvalue weighted by atomic mass is 35.5. The van der Waals surface area contributed by atoms with Gasteiger partial charge in [0.2, 0.25) is 20.0 Å². The summed E-state index contributed by atoms with van der Waals surface area (Å²) in [6, 6.07) is 11.5. The average molecular weight is 531 g/mol. The molecule has 34 heavy (non-hydrogen) atoms. The smallest absolute Gasteiger partial charge is 0.309 e. The van der Waals surface area contributed by atoms with Crippen LogP contribution in [0, 0.1) is 0 Å². The lowest BCUT2D eigenvalue weighted by Crippen LogP contribution is -2.47. The fourth-order valence-electron chi connectivity index (χ4n) is 3.19. The molecule has 2 aromatic carbocycles. The predicted molar refractivity (Wildman–Crippen MR) is 123 cm³/mol. The zero-order valence-electron chi connectivity index (χ0n) is 17.8. The van der Waals surface area contributed by atoms with Crippen molar-refractivity contribution in [1.82, 2.24) is 14.9 Å². The minimum Gasteiger partial charge on any atom is -0.359 e. The highest BCUT2D eigenvalue weighted by molar-refractivity contribution is 7.89. The van der Waals surface area contributed by atoms with Gasteiger partial charge in [0.25, 0.3) is 0 Å². The Balaban J connectivity index is 1.48. The molecule has 3 rings (SSSR count). The number of nitrogens with two attached hydrogens (primary N) is 1. The Hall–Kier alpha value is -2.55. The van der Waals surface area contributed by atoms with Crippen LogP contribution in [0.25, 0.3) is 0 Å². The minimum atomic E-state index is -3.88. The van der Waals surface area contributed by atoms with Gasteiger partial charge in [-0.3, -0.25) is 9.59 Å². The third-order valence-electron chi connectivity index (χ3n) is 4.96. The van der Waals surface area contributed by atoms with Crippen LogP contribution in [0.4, 0.5) is 0 Å². The first kappa shape index (κ1) is 26.1. The number of benzene rings is 2. The fraction of sp³-hybridized carbons (Fsp3) is 0.300. The van der Waals surface area contributed by atoms with E-state index in [1.807, 2.05) is 0 Å². The van der Waals surface area contributed by atoms with E-state index >= 15 is 0 Å². The number of amides is 2. The molecule has 1 fully saturated rings. The molecule has 1 aliphatic rings. The lowest BCUT2D eigenvalue weighted by molar-refractivity contribution is -0.139. The van der Waals surface area contributed by atoms with Gasteiger partial charge in [-0.2, -0.15) is 4.31 Å². The molecule has 184 valence electrons. The van der Waals surface area contributed by atoms with Crippen LogP contribution in [-0.4, -0.2) is 65.4 Å². The molecular weight excluding hydrogens is 508 g/mol. The van der Waals surface area contributed by atoms with E-state index in [1.54, 1.807) is 12.1 Å². The van der Waals surface area contributed by atoms with Gasteiger partial charge >= 0.3 is 11.8 Å². The Morgan fingerprint density at radius 2 is 1.56 bits per heavy atom. The van der Waals surface area contributed by atoms with Crippen molar-refractivity contribution in [2.45, 2.75) is 22.4 Å². The lowest BCUT2D eigenvalue weighted by Gasteiger charge is -2.22. The molecule has 0 aromatic heterocycles. The molecule has 0 radical (unpaired) electrons. The van der Waals surface area contributed by atoms with E-state index < -0.39 is 38.1 Å². The molecule has 0 unspecified atom stereocenters. The van der Waals surface area contributed by atoms with Gasteiger partial charge in [-0.15, -0.1) is 0 Å². The number of nitrogens with one attached hydrogen (secondary N) is 2. The molecule has 1 saturated heterocycles. The standard InChI is InChI=1S/C20H23ClN4O7S2/c21-15-3-7-17(8-4-15)34(30,31)25-11-12-32-18(25)13-24-20(27)19(26)23-10-9-14-1-5-16(6-2-14)33(22,28)29/h1-8,18H,9-13H2,(H,23,26)(H,24,27)(H2,22,28,29)/t18-/m0/s1. The van der Waals surface area contributed by atoms with Crippen LogP contribution in [0.2, 0.25) is 5.02 Å². The first-order chi connectivity index (χ1) is 16.0. The van der Waals surface area contributed by atoms with Gasteiger partial charge in [0.1, 0.15) is 6.23 Å². The van der Waals surface area contributed by atoms with E-state index in [0.29, 0.717) is 11.4 Å². The number of sulfonamides is 2. The van der Waals surface area contributed by atoms with E-state index in [-0.39, 0.29) is 36.0 Å². The molecule has 2 aromatic rings. The monoisotopic (exact) mass is 530 g/mol. The first-order valence-electron chi connectivity index (χ1n) is 10.1. The van der Waals surface area contributed by atoms with E-state index in [0.717, 1.165) is 9.87 Å². The molecule has 1 aliphatic heterocycles. The van der Waals surface area contributed by atoms with Crippen molar-refractivity contribution >= 4 is 43.5 Å². The van der Waals surface area contributed by atoms with E-state index in [9.17, 15) is 26.4 Å². The predicted octanol–water partition coefficient (Wildman–Crippen LogP) is -0.190. The number of hydrogen-bond donors (Lipinski definition) is 3. The van der Waals surface area contributed by atoms with Gasteiger partial charge < -0.3 is 15.4 Å². The number of halogens is 1. The van der Waals surface area contributed by atoms with Crippen LogP contribution < -0.4 is 15.8 Å². The maximum Gasteiger partial charge on any atom is 0.309 e. The van der Waals surface area contributed by atoms with Crippen LogP contribution in [0.5, 0.6) is 0 Å². The van der Waals surface area contributed by atoms with Crippen molar-refractivity contribution in [3.05, 3.63) is 59.1 Å². The summed E-state index contributed by atoms with van der Waals surface area (Å²) in [5, 5.41) is 10.3. The summed E-state index contributed by atoms with van der Waals surface area (Å²) in [7, 11) is -7.67. The van der Waals surface area contributed by atoms with Crippen molar-refractivity contribution in [3.8, 4) is 0 Å². The molecule has 2 amide bonds. The largest absolute Gasteiger partial charge is 0.359 e. The second kappa shape index (κ2) is 10.8. The summed E-state index contributed by atoms with van der Waals surface area (Å²) in [6.07, 6.45) is -0.613. The highest BCUT2D eigenvalue weighted by Crippen LogP contribution is 2.23. The molecule has 0 spiro atoms. The van der Waals surface area contributed by atoms with Crippen LogP contribution in [0.15, 0.2) is 58.3 Å². The van der Waals surface area contributed by atoms with Crippen molar-refractivity contribution in [2.75, 3.05) is 26.2 Å². The zero-order chi connectivity index (χ0) is 24.9. The Morgan fingerprint density at radius 3 is 2.18 bits per heavy atom. The summed E-state index contributed by atoms with van der Waals surface area (Å²) < 4.78 is 54.8. The molecular formula is C20H23ClN4O7S2. The second-order valence-corrected chi connectivity index (χ2v) is 11.2. The number of primary sulfonamides is 1. The number of carbonyl (C=O) groups is 2. The third kappa shape index (κ3) is 6.52. The SMILES string of the molecule is NS(=O)(=O)c1ccc(CCNC(=O)C(=O)NC[C@@H]2OCCN2S(=O)(=O)c2ccc(Cl)cc2)cc1. The minimum absolute atomic E-state index is 0.0269. The number of hydrogen-bond acceptors (Lipinski definition) is 7. The summed E-state index contributed by atoms with van der Waals surface area (Å²) in [4.78, 5) is 24.2. The van der Waals surface area contributed by atoms with Crippen LogP contribution in [-0.2, 0) is 40.8 Å². The molecule has 4 N–H and O–H groups in total. The van der Waals surface area contributed by atoms with E-state index in [2.05, 4.69) is 10.6 Å². The first-order valence-corrected chi connectivity index (χ1v) is 13.4. The lowest BCUT2D eigenvalue weighted by atomic mass is 10.1. The molecule has 1 heterocycles. The maximum atomic E-state index is 12.9. The summed E-state index contributed by atoms with van der Waals surface area (Å²) in [5.74, 6) is -1.84. The van der Waals surface area contributed by atoms with Crippen LogP contribution in [0.3, 0.4) is 0 Å².